The lowest BCUT2D eigenvalue weighted by Gasteiger charge is -2.29. The van der Waals surface area contributed by atoms with Crippen LogP contribution in [0.25, 0.3) is 0 Å². The lowest BCUT2D eigenvalue weighted by molar-refractivity contribution is 0.273. The molecule has 2 atom stereocenters. The largest absolute Gasteiger partial charge is 0.308 e. The number of hydrogen-bond donors (Lipinski definition) is 1. The number of benzene rings is 1. The summed E-state index contributed by atoms with van der Waals surface area (Å²) in [5, 5.41) is 3.75. The van der Waals surface area contributed by atoms with Gasteiger partial charge in [-0.2, -0.15) is 0 Å². The first-order valence-corrected chi connectivity index (χ1v) is 8.21. The Morgan fingerprint density at radius 1 is 1.11 bits per heavy atom. The van der Waals surface area contributed by atoms with E-state index < -0.39 is 0 Å². The highest BCUT2D eigenvalue weighted by molar-refractivity contribution is 7.98. The first-order chi connectivity index (χ1) is 8.93. The first-order valence-electron chi connectivity index (χ1n) is 6.98. The van der Waals surface area contributed by atoms with Gasteiger partial charge in [-0.3, -0.25) is 0 Å². The van der Waals surface area contributed by atoms with Crippen molar-refractivity contribution in [2.45, 2.75) is 37.8 Å². The molecule has 2 nitrogen and oxygen atoms in total. The van der Waals surface area contributed by atoms with E-state index in [1.54, 1.807) is 11.8 Å². The Kier molecular flexibility index (Phi) is 6.90. The molecule has 0 saturated heterocycles. The first kappa shape index (κ1) is 16.5. The van der Waals surface area contributed by atoms with Gasteiger partial charge >= 0.3 is 0 Å². The third kappa shape index (κ3) is 5.55. The van der Waals surface area contributed by atoms with E-state index in [0.29, 0.717) is 18.0 Å². The van der Waals surface area contributed by atoms with E-state index >= 15 is 0 Å². The molecule has 0 radical (unpaired) electrons. The molecule has 3 heteroatoms. The number of nitrogens with one attached hydrogen (secondary N) is 1. The molecule has 1 N–H and O–H groups in total. The van der Waals surface area contributed by atoms with Crippen LogP contribution in [0.2, 0.25) is 0 Å². The molecule has 19 heavy (non-hydrogen) atoms. The van der Waals surface area contributed by atoms with Gasteiger partial charge in [0.15, 0.2) is 0 Å². The molecule has 1 aromatic rings. The zero-order valence-corrected chi connectivity index (χ0v) is 13.9. The molecule has 108 valence electrons. The molecule has 0 fully saturated rings. The fourth-order valence-electron chi connectivity index (χ4n) is 2.16. The lowest BCUT2D eigenvalue weighted by Crippen LogP contribution is -2.43. The maximum atomic E-state index is 3.75. The fraction of sp³-hybridized carbons (Fsp3) is 0.625. The minimum atomic E-state index is 0.392. The van der Waals surface area contributed by atoms with Gasteiger partial charge in [-0.1, -0.05) is 26.0 Å². The van der Waals surface area contributed by atoms with Gasteiger partial charge in [0.25, 0.3) is 0 Å². The van der Waals surface area contributed by atoms with E-state index in [9.17, 15) is 0 Å². The van der Waals surface area contributed by atoms with Crippen LogP contribution in [0.4, 0.5) is 0 Å². The number of thioether (sulfide) groups is 1. The normalized spacial score (nSPS) is 14.9. The van der Waals surface area contributed by atoms with Crippen molar-refractivity contribution in [2.24, 2.45) is 5.92 Å². The average Bonchev–Trinajstić information content (AvgIpc) is 2.37. The predicted octanol–water partition coefficient (Wildman–Crippen LogP) is 3.65. The molecule has 0 bridgehead atoms. The number of hydrogen-bond acceptors (Lipinski definition) is 3. The topological polar surface area (TPSA) is 15.3 Å². The van der Waals surface area contributed by atoms with E-state index in [2.05, 4.69) is 75.6 Å². The summed E-state index contributed by atoms with van der Waals surface area (Å²) in [5.41, 5.74) is 1.36. The summed E-state index contributed by atoms with van der Waals surface area (Å²) >= 11 is 1.79. The van der Waals surface area contributed by atoms with E-state index in [1.807, 2.05) is 0 Å². The van der Waals surface area contributed by atoms with Crippen molar-refractivity contribution in [1.82, 2.24) is 10.2 Å². The maximum Gasteiger partial charge on any atom is 0.0295 e. The standard InChI is InChI=1S/C16H28N2S/c1-12(2)16(11-18(4)5)17-13(3)14-7-9-15(19-6)10-8-14/h7-10,12-13,16-17H,11H2,1-6H3. The molecule has 0 aliphatic rings. The van der Waals surface area contributed by atoms with E-state index in [1.165, 1.54) is 10.5 Å². The third-order valence-electron chi connectivity index (χ3n) is 3.45. The zero-order chi connectivity index (χ0) is 14.4. The molecule has 0 aliphatic carbocycles. The molecule has 0 aliphatic heterocycles. The van der Waals surface area contributed by atoms with Gasteiger partial charge in [-0.15, -0.1) is 11.8 Å². The summed E-state index contributed by atoms with van der Waals surface area (Å²) in [6.07, 6.45) is 2.11. The van der Waals surface area contributed by atoms with Gasteiger partial charge in [0.05, 0.1) is 0 Å². The Balaban J connectivity index is 2.66. The van der Waals surface area contributed by atoms with Gasteiger partial charge in [-0.25, -0.2) is 0 Å². The predicted molar refractivity (Wildman–Crippen MR) is 87.0 cm³/mol. The molecule has 1 aromatic carbocycles. The Labute approximate surface area is 123 Å². The Morgan fingerprint density at radius 3 is 2.11 bits per heavy atom. The molecule has 0 heterocycles. The fourth-order valence-corrected chi connectivity index (χ4v) is 2.57. The van der Waals surface area contributed by atoms with Gasteiger partial charge < -0.3 is 10.2 Å². The van der Waals surface area contributed by atoms with Crippen molar-refractivity contribution in [3.05, 3.63) is 29.8 Å². The van der Waals surface area contributed by atoms with Crippen LogP contribution in [-0.4, -0.2) is 37.8 Å². The second kappa shape index (κ2) is 7.93. The van der Waals surface area contributed by atoms with E-state index in [-0.39, 0.29) is 0 Å². The summed E-state index contributed by atoms with van der Waals surface area (Å²) < 4.78 is 0. The Hall–Kier alpha value is -0.510. The zero-order valence-electron chi connectivity index (χ0n) is 13.1. The van der Waals surface area contributed by atoms with Crippen LogP contribution in [0.1, 0.15) is 32.4 Å². The average molecular weight is 280 g/mol. The van der Waals surface area contributed by atoms with Crippen LogP contribution in [0.15, 0.2) is 29.2 Å². The minimum Gasteiger partial charge on any atom is -0.308 e. The van der Waals surface area contributed by atoms with Crippen molar-refractivity contribution < 1.29 is 0 Å². The Morgan fingerprint density at radius 2 is 1.68 bits per heavy atom. The highest BCUT2D eigenvalue weighted by atomic mass is 32.2. The summed E-state index contributed by atoms with van der Waals surface area (Å²) in [6, 6.07) is 9.78. The summed E-state index contributed by atoms with van der Waals surface area (Å²) in [7, 11) is 4.27. The minimum absolute atomic E-state index is 0.392. The summed E-state index contributed by atoms with van der Waals surface area (Å²) in [4.78, 5) is 3.57. The summed E-state index contributed by atoms with van der Waals surface area (Å²) in [6.45, 7) is 7.89. The molecular formula is C16H28N2S. The van der Waals surface area contributed by atoms with Crippen LogP contribution >= 0.6 is 11.8 Å². The monoisotopic (exact) mass is 280 g/mol. The van der Waals surface area contributed by atoms with Crippen molar-refractivity contribution >= 4 is 11.8 Å². The number of rotatable bonds is 7. The second-order valence-electron chi connectivity index (χ2n) is 5.77. The second-order valence-corrected chi connectivity index (χ2v) is 6.65. The number of likely N-dealkylation sites (N-methyl/N-ethyl adjacent to an activating group) is 1. The maximum absolute atomic E-state index is 3.75. The quantitative estimate of drug-likeness (QED) is 0.768. The van der Waals surface area contributed by atoms with Crippen LogP contribution in [-0.2, 0) is 0 Å². The van der Waals surface area contributed by atoms with Crippen LogP contribution in [0, 0.1) is 5.92 Å². The molecule has 0 saturated carbocycles. The molecule has 1 rings (SSSR count). The summed E-state index contributed by atoms with van der Waals surface area (Å²) in [5.74, 6) is 0.635. The van der Waals surface area contributed by atoms with Crippen molar-refractivity contribution in [1.29, 1.82) is 0 Å². The smallest absolute Gasteiger partial charge is 0.0295 e. The van der Waals surface area contributed by atoms with Crippen LogP contribution < -0.4 is 5.32 Å². The molecule has 0 amide bonds. The van der Waals surface area contributed by atoms with Gasteiger partial charge in [0.2, 0.25) is 0 Å². The number of nitrogens with zero attached hydrogens (tertiary/aromatic N) is 1. The lowest BCUT2D eigenvalue weighted by atomic mass is 10.0. The van der Waals surface area contributed by atoms with Crippen molar-refractivity contribution in [3.63, 3.8) is 0 Å². The van der Waals surface area contributed by atoms with Crippen LogP contribution in [0.5, 0.6) is 0 Å². The van der Waals surface area contributed by atoms with Gasteiger partial charge in [0.1, 0.15) is 0 Å². The molecule has 2 unspecified atom stereocenters. The van der Waals surface area contributed by atoms with E-state index in [4.69, 9.17) is 0 Å². The highest BCUT2D eigenvalue weighted by Crippen LogP contribution is 2.20. The van der Waals surface area contributed by atoms with E-state index in [0.717, 1.165) is 6.54 Å². The van der Waals surface area contributed by atoms with Gasteiger partial charge in [-0.05, 0) is 50.9 Å². The molecular weight excluding hydrogens is 252 g/mol. The SMILES string of the molecule is CSc1ccc(C(C)NC(CN(C)C)C(C)C)cc1. The third-order valence-corrected chi connectivity index (χ3v) is 4.19. The molecule has 0 aromatic heterocycles. The highest BCUT2D eigenvalue weighted by Gasteiger charge is 2.17. The van der Waals surface area contributed by atoms with Gasteiger partial charge in [0, 0.05) is 23.5 Å². The van der Waals surface area contributed by atoms with Crippen LogP contribution in [0.3, 0.4) is 0 Å². The molecule has 0 spiro atoms. The van der Waals surface area contributed by atoms with Crippen molar-refractivity contribution in [2.75, 3.05) is 26.9 Å². The van der Waals surface area contributed by atoms with Crippen molar-refractivity contribution in [3.8, 4) is 0 Å². The Bertz CT molecular complexity index is 360.